The number of alkyl halides is 1. The van der Waals surface area contributed by atoms with Gasteiger partial charge in [0.25, 0.3) is 0 Å². The fourth-order valence-corrected chi connectivity index (χ4v) is 1.63. The van der Waals surface area contributed by atoms with E-state index in [9.17, 15) is 9.50 Å². The van der Waals surface area contributed by atoms with Crippen LogP contribution in [0.25, 0.3) is 0 Å². The van der Waals surface area contributed by atoms with Gasteiger partial charge in [0.1, 0.15) is 6.10 Å². The van der Waals surface area contributed by atoms with Gasteiger partial charge in [-0.25, -0.2) is 4.39 Å². The maximum Gasteiger partial charge on any atom is 0.154 e. The van der Waals surface area contributed by atoms with Crippen LogP contribution in [0, 0.1) is 5.92 Å². The van der Waals surface area contributed by atoms with Gasteiger partial charge in [-0.3, -0.25) is 0 Å². The highest BCUT2D eigenvalue weighted by Crippen LogP contribution is 2.29. The molecule has 0 aromatic rings. The van der Waals surface area contributed by atoms with E-state index in [-0.39, 0.29) is 12.0 Å². The zero-order valence-electron chi connectivity index (χ0n) is 7.83. The van der Waals surface area contributed by atoms with Gasteiger partial charge in [0.05, 0.1) is 12.2 Å². The quantitative estimate of drug-likeness (QED) is 0.691. The van der Waals surface area contributed by atoms with E-state index in [2.05, 4.69) is 0 Å². The van der Waals surface area contributed by atoms with Crippen LogP contribution in [-0.2, 0) is 4.74 Å². The zero-order valence-corrected chi connectivity index (χ0v) is 7.83. The summed E-state index contributed by atoms with van der Waals surface area (Å²) in [5.74, 6) is 0.176. The predicted octanol–water partition coefficient (Wildman–Crippen LogP) is 1.52. The number of aliphatic hydroxyl groups is 1. The first-order valence-corrected chi connectivity index (χ1v) is 4.55. The normalized spacial score (nSPS) is 42.5. The highest BCUT2D eigenvalue weighted by atomic mass is 19.1. The molecule has 3 heteroatoms. The maximum atomic E-state index is 13.2. The van der Waals surface area contributed by atoms with Gasteiger partial charge in [0.2, 0.25) is 0 Å². The molecule has 1 saturated heterocycles. The summed E-state index contributed by atoms with van der Waals surface area (Å²) < 4.78 is 18.6. The van der Waals surface area contributed by atoms with Gasteiger partial charge < -0.3 is 9.84 Å². The smallest absolute Gasteiger partial charge is 0.154 e. The average molecular weight is 176 g/mol. The van der Waals surface area contributed by atoms with E-state index < -0.39 is 18.4 Å². The van der Waals surface area contributed by atoms with Gasteiger partial charge in [-0.05, 0) is 12.3 Å². The van der Waals surface area contributed by atoms with Gasteiger partial charge in [0, 0.05) is 0 Å². The second-order valence-electron chi connectivity index (χ2n) is 3.73. The minimum absolute atomic E-state index is 0.176. The number of ether oxygens (including phenoxy) is 1. The SMILES string of the molecule is CC[C@H]1O[C@@H](C(C)C)[C@H](O)[C@H]1F. The molecule has 12 heavy (non-hydrogen) atoms. The van der Waals surface area contributed by atoms with Crippen molar-refractivity contribution in [3.63, 3.8) is 0 Å². The lowest BCUT2D eigenvalue weighted by molar-refractivity contribution is -0.0175. The number of hydrogen-bond acceptors (Lipinski definition) is 2. The van der Waals surface area contributed by atoms with E-state index in [1.807, 2.05) is 20.8 Å². The minimum atomic E-state index is -1.21. The average Bonchev–Trinajstić information content (AvgIpc) is 2.30. The Hall–Kier alpha value is -0.150. The van der Waals surface area contributed by atoms with E-state index >= 15 is 0 Å². The highest BCUT2D eigenvalue weighted by Gasteiger charge is 2.44. The second-order valence-corrected chi connectivity index (χ2v) is 3.73. The van der Waals surface area contributed by atoms with Crippen LogP contribution in [0.1, 0.15) is 27.2 Å². The fraction of sp³-hybridized carbons (Fsp3) is 1.00. The van der Waals surface area contributed by atoms with Crippen molar-refractivity contribution in [3.05, 3.63) is 0 Å². The summed E-state index contributed by atoms with van der Waals surface area (Å²) in [6, 6.07) is 0. The van der Waals surface area contributed by atoms with Crippen molar-refractivity contribution in [2.75, 3.05) is 0 Å². The monoisotopic (exact) mass is 176 g/mol. The van der Waals surface area contributed by atoms with Gasteiger partial charge in [-0.1, -0.05) is 20.8 Å². The third-order valence-electron chi connectivity index (χ3n) is 2.41. The molecule has 1 fully saturated rings. The van der Waals surface area contributed by atoms with Gasteiger partial charge >= 0.3 is 0 Å². The summed E-state index contributed by atoms with van der Waals surface area (Å²) in [6.45, 7) is 5.73. The largest absolute Gasteiger partial charge is 0.387 e. The second kappa shape index (κ2) is 3.71. The first-order chi connectivity index (χ1) is 5.57. The van der Waals surface area contributed by atoms with E-state index in [1.54, 1.807) is 0 Å². The Kier molecular flexibility index (Phi) is 3.07. The maximum absolute atomic E-state index is 13.2. The lowest BCUT2D eigenvalue weighted by Crippen LogP contribution is -2.31. The topological polar surface area (TPSA) is 29.5 Å². The molecule has 4 atom stereocenters. The Balaban J connectivity index is 2.60. The van der Waals surface area contributed by atoms with Crippen LogP contribution in [-0.4, -0.2) is 29.6 Å². The fourth-order valence-electron chi connectivity index (χ4n) is 1.63. The zero-order chi connectivity index (χ0) is 9.30. The molecule has 0 amide bonds. The van der Waals surface area contributed by atoms with Gasteiger partial charge in [-0.15, -0.1) is 0 Å². The van der Waals surface area contributed by atoms with Crippen LogP contribution in [0.3, 0.4) is 0 Å². The van der Waals surface area contributed by atoms with E-state index in [0.29, 0.717) is 6.42 Å². The van der Waals surface area contributed by atoms with Crippen molar-refractivity contribution >= 4 is 0 Å². The number of hydrogen-bond donors (Lipinski definition) is 1. The summed E-state index contributed by atoms with van der Waals surface area (Å²) >= 11 is 0. The summed E-state index contributed by atoms with van der Waals surface area (Å²) in [5, 5.41) is 9.43. The van der Waals surface area contributed by atoms with E-state index in [1.165, 1.54) is 0 Å². The van der Waals surface area contributed by atoms with E-state index in [4.69, 9.17) is 4.74 Å². The number of rotatable bonds is 2. The Bertz CT molecular complexity index is 149. The third-order valence-corrected chi connectivity index (χ3v) is 2.41. The molecule has 0 saturated carbocycles. The standard InChI is InChI=1S/C9H17FO2/c1-4-6-7(10)8(11)9(12-6)5(2)3/h5-9,11H,4H2,1-3H3/t6-,7+,8-,9+/m1/s1. The Morgan fingerprint density at radius 1 is 1.50 bits per heavy atom. The Morgan fingerprint density at radius 3 is 2.33 bits per heavy atom. The third kappa shape index (κ3) is 1.62. The molecule has 1 heterocycles. The van der Waals surface area contributed by atoms with Crippen LogP contribution in [0.2, 0.25) is 0 Å². The first kappa shape index (κ1) is 9.93. The summed E-state index contributed by atoms with van der Waals surface area (Å²) in [7, 11) is 0. The van der Waals surface area contributed by atoms with Gasteiger partial charge in [0.15, 0.2) is 6.17 Å². The molecule has 0 bridgehead atoms. The molecule has 0 spiro atoms. The molecular weight excluding hydrogens is 159 g/mol. The molecule has 0 aromatic carbocycles. The molecule has 1 aliphatic heterocycles. The summed E-state index contributed by atoms with van der Waals surface area (Å²) in [4.78, 5) is 0. The first-order valence-electron chi connectivity index (χ1n) is 4.55. The molecule has 1 rings (SSSR count). The van der Waals surface area contributed by atoms with Crippen LogP contribution in [0.4, 0.5) is 4.39 Å². The summed E-state index contributed by atoms with van der Waals surface area (Å²) in [6.07, 6.45) is -2.25. The molecule has 1 N–H and O–H groups in total. The molecule has 0 radical (unpaired) electrons. The number of halogens is 1. The minimum Gasteiger partial charge on any atom is -0.387 e. The van der Waals surface area contributed by atoms with Crippen molar-refractivity contribution < 1.29 is 14.2 Å². The number of aliphatic hydroxyl groups excluding tert-OH is 1. The van der Waals surface area contributed by atoms with E-state index in [0.717, 1.165) is 0 Å². The van der Waals surface area contributed by atoms with Crippen molar-refractivity contribution in [1.29, 1.82) is 0 Å². The van der Waals surface area contributed by atoms with Crippen molar-refractivity contribution in [3.8, 4) is 0 Å². The lowest BCUT2D eigenvalue weighted by atomic mass is 10.00. The molecule has 2 nitrogen and oxygen atoms in total. The Morgan fingerprint density at radius 2 is 2.08 bits per heavy atom. The lowest BCUT2D eigenvalue weighted by Gasteiger charge is -2.17. The molecular formula is C9H17FO2. The predicted molar refractivity (Wildman–Crippen MR) is 44.7 cm³/mol. The van der Waals surface area contributed by atoms with Crippen LogP contribution < -0.4 is 0 Å². The molecule has 0 unspecified atom stereocenters. The highest BCUT2D eigenvalue weighted by molar-refractivity contribution is 4.91. The van der Waals surface area contributed by atoms with Gasteiger partial charge in [-0.2, -0.15) is 0 Å². The van der Waals surface area contributed by atoms with Crippen molar-refractivity contribution in [1.82, 2.24) is 0 Å². The molecule has 0 aliphatic carbocycles. The molecule has 0 aromatic heterocycles. The van der Waals surface area contributed by atoms with Crippen LogP contribution in [0.15, 0.2) is 0 Å². The molecule has 72 valence electrons. The van der Waals surface area contributed by atoms with Crippen molar-refractivity contribution in [2.24, 2.45) is 5.92 Å². The van der Waals surface area contributed by atoms with Crippen molar-refractivity contribution in [2.45, 2.75) is 51.7 Å². The van der Waals surface area contributed by atoms with Crippen LogP contribution >= 0.6 is 0 Å². The summed E-state index contributed by atoms with van der Waals surface area (Å²) in [5.41, 5.74) is 0. The Labute approximate surface area is 72.7 Å². The molecule has 1 aliphatic rings. The van der Waals surface area contributed by atoms with Crippen LogP contribution in [0.5, 0.6) is 0 Å².